The van der Waals surface area contributed by atoms with Crippen molar-refractivity contribution in [2.24, 2.45) is 13.0 Å². The van der Waals surface area contributed by atoms with E-state index in [0.717, 1.165) is 11.4 Å². The summed E-state index contributed by atoms with van der Waals surface area (Å²) in [6, 6.07) is 0. The molecule has 5 nitrogen and oxygen atoms in total. The van der Waals surface area contributed by atoms with Gasteiger partial charge < -0.3 is 10.1 Å². The Kier molecular flexibility index (Phi) is 4.90. The Balaban J connectivity index is 2.71. The van der Waals surface area contributed by atoms with Crippen molar-refractivity contribution in [3.05, 3.63) is 17.0 Å². The Morgan fingerprint density at radius 1 is 1.44 bits per heavy atom. The maximum atomic E-state index is 12.1. The molecule has 1 aromatic heterocycles. The van der Waals surface area contributed by atoms with E-state index in [2.05, 4.69) is 24.3 Å². The molecule has 0 aliphatic carbocycles. The lowest BCUT2D eigenvalue weighted by molar-refractivity contribution is 0.0604. The van der Waals surface area contributed by atoms with E-state index in [-0.39, 0.29) is 12.0 Å². The molecule has 5 heteroatoms. The molecule has 18 heavy (non-hydrogen) atoms. The number of carbonyl (C=O) groups is 1. The molecule has 102 valence electrons. The molecule has 0 aromatic carbocycles. The summed E-state index contributed by atoms with van der Waals surface area (Å²) in [7, 11) is 3.50. The monoisotopic (exact) mass is 253 g/mol. The molecule has 0 aliphatic rings. The second-order valence-corrected chi connectivity index (χ2v) is 4.90. The van der Waals surface area contributed by atoms with Gasteiger partial charge in [0.05, 0.1) is 17.4 Å². The topological polar surface area (TPSA) is 56.1 Å². The van der Waals surface area contributed by atoms with E-state index in [1.54, 1.807) is 11.8 Å². The predicted molar refractivity (Wildman–Crippen MR) is 70.7 cm³/mol. The van der Waals surface area contributed by atoms with Crippen LogP contribution in [0, 0.1) is 19.8 Å². The fourth-order valence-corrected chi connectivity index (χ4v) is 1.98. The van der Waals surface area contributed by atoms with Crippen LogP contribution in [0.1, 0.15) is 35.6 Å². The van der Waals surface area contributed by atoms with E-state index in [9.17, 15) is 4.79 Å². The molecule has 1 N–H and O–H groups in total. The molecule has 0 fully saturated rings. The lowest BCUT2D eigenvalue weighted by atomic mass is 10.1. The zero-order chi connectivity index (χ0) is 13.9. The van der Waals surface area contributed by atoms with Crippen molar-refractivity contribution in [1.82, 2.24) is 15.1 Å². The van der Waals surface area contributed by atoms with Gasteiger partial charge in [-0.05, 0) is 19.8 Å². The molecule has 1 aromatic rings. The highest BCUT2D eigenvalue weighted by molar-refractivity contribution is 5.96. The van der Waals surface area contributed by atoms with Crippen molar-refractivity contribution >= 4 is 5.91 Å². The summed E-state index contributed by atoms with van der Waals surface area (Å²) in [5.74, 6) is 0.284. The van der Waals surface area contributed by atoms with Gasteiger partial charge >= 0.3 is 0 Å². The first-order valence-corrected chi connectivity index (χ1v) is 6.19. The third kappa shape index (κ3) is 3.10. The summed E-state index contributed by atoms with van der Waals surface area (Å²) in [6.07, 6.45) is 0.0335. The Bertz CT molecular complexity index is 424. The molecule has 0 radical (unpaired) electrons. The van der Waals surface area contributed by atoms with Crippen molar-refractivity contribution < 1.29 is 9.53 Å². The van der Waals surface area contributed by atoms with Gasteiger partial charge in [-0.25, -0.2) is 0 Å². The van der Waals surface area contributed by atoms with Gasteiger partial charge in [-0.2, -0.15) is 5.10 Å². The van der Waals surface area contributed by atoms with Crippen LogP contribution in [0.4, 0.5) is 0 Å². The first-order chi connectivity index (χ1) is 8.38. The predicted octanol–water partition coefficient (Wildman–Crippen LogP) is 1.44. The molecule has 0 saturated carbocycles. The van der Waals surface area contributed by atoms with E-state index < -0.39 is 0 Å². The summed E-state index contributed by atoms with van der Waals surface area (Å²) >= 11 is 0. The van der Waals surface area contributed by atoms with Gasteiger partial charge in [0, 0.05) is 26.4 Å². The van der Waals surface area contributed by atoms with Gasteiger partial charge in [0.15, 0.2) is 0 Å². The molecule has 0 spiro atoms. The summed E-state index contributed by atoms with van der Waals surface area (Å²) in [5, 5.41) is 7.15. The number of ether oxygens (including phenoxy) is 1. The highest BCUT2D eigenvalue weighted by Crippen LogP contribution is 2.12. The summed E-state index contributed by atoms with van der Waals surface area (Å²) < 4.78 is 7.05. The second-order valence-electron chi connectivity index (χ2n) is 4.90. The SMILES string of the molecule is CO[C@@H](CNC(=O)c1c(C)nn(C)c1C)C(C)C. The Morgan fingerprint density at radius 2 is 2.06 bits per heavy atom. The van der Waals surface area contributed by atoms with Crippen LogP contribution in [0.2, 0.25) is 0 Å². The molecule has 1 heterocycles. The highest BCUT2D eigenvalue weighted by atomic mass is 16.5. The van der Waals surface area contributed by atoms with Crippen molar-refractivity contribution in [3.8, 4) is 0 Å². The largest absolute Gasteiger partial charge is 0.379 e. The minimum Gasteiger partial charge on any atom is -0.379 e. The van der Waals surface area contributed by atoms with Gasteiger partial charge in [0.25, 0.3) is 5.91 Å². The Morgan fingerprint density at radius 3 is 2.44 bits per heavy atom. The van der Waals surface area contributed by atoms with Crippen LogP contribution >= 0.6 is 0 Å². The first kappa shape index (κ1) is 14.7. The summed E-state index contributed by atoms with van der Waals surface area (Å²) in [6.45, 7) is 8.39. The molecule has 0 saturated heterocycles. The van der Waals surface area contributed by atoms with Gasteiger partial charge in [-0.1, -0.05) is 13.8 Å². The minimum atomic E-state index is -0.0826. The molecular formula is C13H23N3O2. The normalized spacial score (nSPS) is 12.8. The smallest absolute Gasteiger partial charge is 0.255 e. The number of hydrogen-bond donors (Lipinski definition) is 1. The standard InChI is InChI=1S/C13H23N3O2/c1-8(2)11(18-6)7-14-13(17)12-9(3)15-16(5)10(12)4/h8,11H,7H2,1-6H3,(H,14,17)/t11-/m0/s1. The minimum absolute atomic E-state index is 0.0335. The molecule has 0 unspecified atom stereocenters. The molecule has 1 amide bonds. The average Bonchev–Trinajstić information content (AvgIpc) is 2.53. The Hall–Kier alpha value is -1.36. The average molecular weight is 253 g/mol. The molecule has 1 atom stereocenters. The van der Waals surface area contributed by atoms with Gasteiger partial charge in [0.2, 0.25) is 0 Å². The van der Waals surface area contributed by atoms with Gasteiger partial charge in [-0.15, -0.1) is 0 Å². The first-order valence-electron chi connectivity index (χ1n) is 6.19. The van der Waals surface area contributed by atoms with Crippen molar-refractivity contribution in [2.45, 2.75) is 33.8 Å². The van der Waals surface area contributed by atoms with Crippen molar-refractivity contribution in [1.29, 1.82) is 0 Å². The molecule has 0 aliphatic heterocycles. The molecule has 0 bridgehead atoms. The van der Waals surface area contributed by atoms with Crippen molar-refractivity contribution in [3.63, 3.8) is 0 Å². The zero-order valence-corrected chi connectivity index (χ0v) is 12.1. The third-order valence-corrected chi connectivity index (χ3v) is 3.25. The fourth-order valence-electron chi connectivity index (χ4n) is 1.98. The van der Waals surface area contributed by atoms with Crippen LogP contribution in [0.25, 0.3) is 0 Å². The second kappa shape index (κ2) is 6.00. The zero-order valence-electron chi connectivity index (χ0n) is 12.1. The van der Waals surface area contributed by atoms with Crippen LogP contribution in [-0.4, -0.2) is 35.4 Å². The van der Waals surface area contributed by atoms with Crippen LogP contribution in [0.3, 0.4) is 0 Å². The van der Waals surface area contributed by atoms with E-state index in [1.807, 2.05) is 20.9 Å². The maximum Gasteiger partial charge on any atom is 0.255 e. The number of hydrogen-bond acceptors (Lipinski definition) is 3. The maximum absolute atomic E-state index is 12.1. The Labute approximate surface area is 109 Å². The van der Waals surface area contributed by atoms with Gasteiger partial charge in [-0.3, -0.25) is 9.48 Å². The lowest BCUT2D eigenvalue weighted by Crippen LogP contribution is -2.36. The number of amides is 1. The van der Waals surface area contributed by atoms with E-state index in [1.165, 1.54) is 0 Å². The number of aryl methyl sites for hydroxylation is 2. The summed E-state index contributed by atoms with van der Waals surface area (Å²) in [4.78, 5) is 12.1. The molecule has 1 rings (SSSR count). The van der Waals surface area contributed by atoms with Crippen LogP contribution in [-0.2, 0) is 11.8 Å². The van der Waals surface area contributed by atoms with Crippen LogP contribution in [0.5, 0.6) is 0 Å². The fraction of sp³-hybridized carbons (Fsp3) is 0.692. The number of aromatic nitrogens is 2. The number of nitrogens with zero attached hydrogens (tertiary/aromatic N) is 2. The third-order valence-electron chi connectivity index (χ3n) is 3.25. The number of methoxy groups -OCH3 is 1. The highest BCUT2D eigenvalue weighted by Gasteiger charge is 2.19. The van der Waals surface area contributed by atoms with E-state index >= 15 is 0 Å². The van der Waals surface area contributed by atoms with Crippen LogP contribution in [0.15, 0.2) is 0 Å². The molecular weight excluding hydrogens is 230 g/mol. The summed E-state index contributed by atoms with van der Waals surface area (Å²) in [5.41, 5.74) is 2.30. The quantitative estimate of drug-likeness (QED) is 0.864. The lowest BCUT2D eigenvalue weighted by Gasteiger charge is -2.19. The van der Waals surface area contributed by atoms with Crippen molar-refractivity contribution in [2.75, 3.05) is 13.7 Å². The van der Waals surface area contributed by atoms with E-state index in [4.69, 9.17) is 4.74 Å². The van der Waals surface area contributed by atoms with E-state index in [0.29, 0.717) is 18.0 Å². The number of carbonyl (C=O) groups excluding carboxylic acids is 1. The van der Waals surface area contributed by atoms with Gasteiger partial charge in [0.1, 0.15) is 0 Å². The number of rotatable bonds is 5. The number of nitrogens with one attached hydrogen (secondary N) is 1. The van der Waals surface area contributed by atoms with Crippen LogP contribution < -0.4 is 5.32 Å².